The first-order chi connectivity index (χ1) is 9.25. The van der Waals surface area contributed by atoms with Crippen LogP contribution in [0.2, 0.25) is 0 Å². The first-order valence-electron chi connectivity index (χ1n) is 6.91. The van der Waals surface area contributed by atoms with Crippen molar-refractivity contribution in [3.8, 4) is 0 Å². The van der Waals surface area contributed by atoms with Gasteiger partial charge in [-0.15, -0.1) is 0 Å². The summed E-state index contributed by atoms with van der Waals surface area (Å²) in [4.78, 5) is 8.36. The van der Waals surface area contributed by atoms with Crippen LogP contribution in [0.25, 0.3) is 10.9 Å². The lowest BCUT2D eigenvalue weighted by Crippen LogP contribution is -2.30. The summed E-state index contributed by atoms with van der Waals surface area (Å²) in [5.74, 6) is 0.969. The lowest BCUT2D eigenvalue weighted by atomic mass is 9.86. The van der Waals surface area contributed by atoms with Crippen molar-refractivity contribution in [2.45, 2.75) is 38.6 Å². The lowest BCUT2D eigenvalue weighted by molar-refractivity contribution is 0.349. The van der Waals surface area contributed by atoms with E-state index in [-0.39, 0.29) is 5.82 Å². The summed E-state index contributed by atoms with van der Waals surface area (Å²) in [6.07, 6.45) is 6.37. The minimum Gasteiger partial charge on any atom is -0.366 e. The standard InChI is InChI=1S/C15H18FN3/c1-10-5-2-3-7-12(10)19-15-14-11(16)6-4-8-13(14)17-9-18-15/h4,6,8-10,12H,2-3,5,7H2,1H3,(H,17,18,19). The van der Waals surface area contributed by atoms with Crippen molar-refractivity contribution >= 4 is 16.7 Å². The molecule has 2 unspecified atom stereocenters. The maximum absolute atomic E-state index is 14.0. The molecule has 0 bridgehead atoms. The summed E-state index contributed by atoms with van der Waals surface area (Å²) >= 11 is 0. The summed E-state index contributed by atoms with van der Waals surface area (Å²) in [6, 6.07) is 5.33. The molecule has 1 aliphatic carbocycles. The Hall–Kier alpha value is -1.71. The van der Waals surface area contributed by atoms with Crippen LogP contribution in [0.5, 0.6) is 0 Å². The monoisotopic (exact) mass is 259 g/mol. The Morgan fingerprint density at radius 1 is 1.21 bits per heavy atom. The zero-order valence-electron chi connectivity index (χ0n) is 11.1. The predicted octanol–water partition coefficient (Wildman–Crippen LogP) is 3.76. The van der Waals surface area contributed by atoms with Gasteiger partial charge in [-0.3, -0.25) is 0 Å². The summed E-state index contributed by atoms with van der Waals surface area (Å²) in [5.41, 5.74) is 0.654. The molecule has 19 heavy (non-hydrogen) atoms. The molecule has 1 aromatic heterocycles. The molecule has 3 nitrogen and oxygen atoms in total. The van der Waals surface area contributed by atoms with E-state index in [1.807, 2.05) is 6.07 Å². The van der Waals surface area contributed by atoms with Gasteiger partial charge in [0.05, 0.1) is 10.9 Å². The molecular formula is C15H18FN3. The molecule has 1 heterocycles. The average Bonchev–Trinajstić information content (AvgIpc) is 2.42. The average molecular weight is 259 g/mol. The maximum atomic E-state index is 14.0. The summed E-state index contributed by atoms with van der Waals surface area (Å²) in [7, 11) is 0. The molecule has 1 fully saturated rings. The largest absolute Gasteiger partial charge is 0.366 e. The summed E-state index contributed by atoms with van der Waals surface area (Å²) < 4.78 is 14.0. The molecule has 3 rings (SSSR count). The number of anilines is 1. The highest BCUT2D eigenvalue weighted by Crippen LogP contribution is 2.29. The van der Waals surface area contributed by atoms with Crippen LogP contribution in [0.15, 0.2) is 24.5 Å². The zero-order valence-corrected chi connectivity index (χ0v) is 11.1. The van der Waals surface area contributed by atoms with E-state index in [0.717, 1.165) is 6.42 Å². The van der Waals surface area contributed by atoms with Gasteiger partial charge in [-0.1, -0.05) is 25.8 Å². The van der Waals surface area contributed by atoms with Crippen LogP contribution < -0.4 is 5.32 Å². The van der Waals surface area contributed by atoms with E-state index in [1.165, 1.54) is 31.7 Å². The number of halogens is 1. The second-order valence-electron chi connectivity index (χ2n) is 5.37. The number of rotatable bonds is 2. The van der Waals surface area contributed by atoms with Crippen molar-refractivity contribution in [1.82, 2.24) is 9.97 Å². The molecule has 0 spiro atoms. The third kappa shape index (κ3) is 2.39. The number of nitrogens with one attached hydrogen (secondary N) is 1. The van der Waals surface area contributed by atoms with Gasteiger partial charge in [0.15, 0.2) is 0 Å². The first-order valence-corrected chi connectivity index (χ1v) is 6.91. The smallest absolute Gasteiger partial charge is 0.140 e. The van der Waals surface area contributed by atoms with E-state index in [1.54, 1.807) is 6.07 Å². The van der Waals surface area contributed by atoms with E-state index >= 15 is 0 Å². The Morgan fingerprint density at radius 2 is 2.05 bits per heavy atom. The van der Waals surface area contributed by atoms with Crippen molar-refractivity contribution in [1.29, 1.82) is 0 Å². The SMILES string of the molecule is CC1CCCCC1Nc1ncnc2cccc(F)c12. The molecule has 1 aromatic carbocycles. The van der Waals surface area contributed by atoms with Crippen LogP contribution in [-0.2, 0) is 0 Å². The quantitative estimate of drug-likeness (QED) is 0.892. The normalized spacial score (nSPS) is 23.5. The van der Waals surface area contributed by atoms with Crippen molar-refractivity contribution < 1.29 is 4.39 Å². The number of aromatic nitrogens is 2. The molecule has 4 heteroatoms. The molecule has 0 saturated heterocycles. The third-order valence-corrected chi connectivity index (χ3v) is 4.05. The van der Waals surface area contributed by atoms with Gasteiger partial charge in [0.25, 0.3) is 0 Å². The highest BCUT2D eigenvalue weighted by Gasteiger charge is 2.22. The van der Waals surface area contributed by atoms with Crippen LogP contribution >= 0.6 is 0 Å². The van der Waals surface area contributed by atoms with Gasteiger partial charge in [0.2, 0.25) is 0 Å². The summed E-state index contributed by atoms with van der Waals surface area (Å²) in [6.45, 7) is 2.25. The number of hydrogen-bond acceptors (Lipinski definition) is 3. The molecule has 100 valence electrons. The molecule has 1 N–H and O–H groups in total. The van der Waals surface area contributed by atoms with Crippen molar-refractivity contribution in [3.05, 3.63) is 30.3 Å². The second kappa shape index (κ2) is 5.11. The minimum absolute atomic E-state index is 0.260. The van der Waals surface area contributed by atoms with Gasteiger partial charge in [0, 0.05) is 6.04 Å². The Kier molecular flexibility index (Phi) is 3.32. The minimum atomic E-state index is -0.260. The van der Waals surface area contributed by atoms with Crippen LogP contribution in [-0.4, -0.2) is 16.0 Å². The van der Waals surface area contributed by atoms with E-state index in [9.17, 15) is 4.39 Å². The van der Waals surface area contributed by atoms with Gasteiger partial charge in [-0.2, -0.15) is 0 Å². The molecule has 1 aliphatic rings. The Morgan fingerprint density at radius 3 is 2.89 bits per heavy atom. The van der Waals surface area contributed by atoms with Crippen LogP contribution in [0, 0.1) is 11.7 Å². The molecule has 0 amide bonds. The van der Waals surface area contributed by atoms with Crippen molar-refractivity contribution in [2.75, 3.05) is 5.32 Å². The van der Waals surface area contributed by atoms with Gasteiger partial charge < -0.3 is 5.32 Å². The predicted molar refractivity (Wildman–Crippen MR) is 74.5 cm³/mol. The lowest BCUT2D eigenvalue weighted by Gasteiger charge is -2.30. The van der Waals surface area contributed by atoms with Gasteiger partial charge in [0.1, 0.15) is 18.0 Å². The zero-order chi connectivity index (χ0) is 13.2. The van der Waals surface area contributed by atoms with Crippen LogP contribution in [0.4, 0.5) is 10.2 Å². The molecule has 0 aliphatic heterocycles. The van der Waals surface area contributed by atoms with Crippen molar-refractivity contribution in [3.63, 3.8) is 0 Å². The van der Waals surface area contributed by atoms with Crippen LogP contribution in [0.3, 0.4) is 0 Å². The fraction of sp³-hybridized carbons (Fsp3) is 0.467. The van der Waals surface area contributed by atoms with E-state index < -0.39 is 0 Å². The second-order valence-corrected chi connectivity index (χ2v) is 5.37. The Labute approximate surface area is 112 Å². The fourth-order valence-electron chi connectivity index (χ4n) is 2.88. The van der Waals surface area contributed by atoms with Crippen molar-refractivity contribution in [2.24, 2.45) is 5.92 Å². The van der Waals surface area contributed by atoms with Crippen LogP contribution in [0.1, 0.15) is 32.6 Å². The first kappa shape index (κ1) is 12.3. The molecule has 1 saturated carbocycles. The van der Waals surface area contributed by atoms with E-state index in [0.29, 0.717) is 28.7 Å². The van der Waals surface area contributed by atoms with E-state index in [2.05, 4.69) is 22.2 Å². The molecular weight excluding hydrogens is 241 g/mol. The number of fused-ring (bicyclic) bond motifs is 1. The molecule has 2 atom stereocenters. The Balaban J connectivity index is 1.96. The topological polar surface area (TPSA) is 37.8 Å². The van der Waals surface area contributed by atoms with Gasteiger partial charge >= 0.3 is 0 Å². The highest BCUT2D eigenvalue weighted by molar-refractivity contribution is 5.89. The number of benzene rings is 1. The highest BCUT2D eigenvalue weighted by atomic mass is 19.1. The Bertz CT molecular complexity index is 579. The molecule has 2 aromatic rings. The molecule has 0 radical (unpaired) electrons. The fourth-order valence-corrected chi connectivity index (χ4v) is 2.88. The van der Waals surface area contributed by atoms with Gasteiger partial charge in [-0.25, -0.2) is 14.4 Å². The third-order valence-electron chi connectivity index (χ3n) is 4.05. The summed E-state index contributed by atoms with van der Waals surface area (Å²) in [5, 5.41) is 3.93. The number of hydrogen-bond donors (Lipinski definition) is 1. The maximum Gasteiger partial charge on any atom is 0.140 e. The van der Waals surface area contributed by atoms with Gasteiger partial charge in [-0.05, 0) is 30.9 Å². The number of nitrogens with zero attached hydrogens (tertiary/aromatic N) is 2. The van der Waals surface area contributed by atoms with E-state index in [4.69, 9.17) is 0 Å².